The molecule has 0 aliphatic heterocycles. The third-order valence-electron chi connectivity index (χ3n) is 1.25. The minimum absolute atomic E-state index is 0.0575. The molecule has 0 atom stereocenters. The van der Waals surface area contributed by atoms with Gasteiger partial charge < -0.3 is 5.73 Å². The van der Waals surface area contributed by atoms with Gasteiger partial charge in [0.05, 0.1) is 11.4 Å². The minimum atomic E-state index is -3.01. The molecule has 0 aromatic carbocycles. The van der Waals surface area contributed by atoms with E-state index in [0.717, 1.165) is 6.26 Å². The highest BCUT2D eigenvalue weighted by atomic mass is 32.2. The predicted octanol–water partition coefficient (Wildman–Crippen LogP) is 0.208. The van der Waals surface area contributed by atoms with Gasteiger partial charge in [0.1, 0.15) is 0 Å². The average Bonchev–Trinajstić information content (AvgIpc) is 1.82. The van der Waals surface area contributed by atoms with Crippen LogP contribution in [0.4, 0.5) is 5.69 Å². The van der Waals surface area contributed by atoms with Crippen molar-refractivity contribution in [1.29, 1.82) is 0 Å². The number of sulfone groups is 1. The molecule has 5 heteroatoms. The first-order valence-corrected chi connectivity index (χ1v) is 5.41. The Balaban J connectivity index is 2.91. The van der Waals surface area contributed by atoms with Crippen LogP contribution in [0.1, 0.15) is 5.69 Å². The summed E-state index contributed by atoms with van der Waals surface area (Å²) in [6.45, 7) is 0. The van der Waals surface area contributed by atoms with Gasteiger partial charge >= 0.3 is 0 Å². The van der Waals surface area contributed by atoms with Gasteiger partial charge in [-0.3, -0.25) is 4.98 Å². The molecule has 0 aliphatic rings. The fourth-order valence-electron chi connectivity index (χ4n) is 0.844. The molecular weight excluding hydrogens is 176 g/mol. The molecule has 0 unspecified atom stereocenters. The standard InChI is InChI=1S/C7H10N2O2S/c1-12(10,11)5-7-4-6(8)2-3-9-7/h2-4H,5H2,1H3,(H2,8,9). The number of nitrogen functional groups attached to an aromatic ring is 1. The number of anilines is 1. The number of pyridine rings is 1. The van der Waals surface area contributed by atoms with E-state index in [1.54, 1.807) is 12.1 Å². The first kappa shape index (κ1) is 8.99. The van der Waals surface area contributed by atoms with Crippen LogP contribution in [0.5, 0.6) is 0 Å². The fourth-order valence-corrected chi connectivity index (χ4v) is 1.54. The molecule has 0 fully saturated rings. The molecule has 0 amide bonds. The molecule has 1 aromatic heterocycles. The van der Waals surface area contributed by atoms with Crippen molar-refractivity contribution in [3.8, 4) is 0 Å². The number of hydrogen-bond acceptors (Lipinski definition) is 4. The Morgan fingerprint density at radius 2 is 2.25 bits per heavy atom. The summed E-state index contributed by atoms with van der Waals surface area (Å²) in [4.78, 5) is 3.87. The zero-order valence-corrected chi connectivity index (χ0v) is 7.50. The van der Waals surface area contributed by atoms with Crippen molar-refractivity contribution in [2.45, 2.75) is 5.75 Å². The lowest BCUT2D eigenvalue weighted by Crippen LogP contribution is -2.03. The van der Waals surface area contributed by atoms with Gasteiger partial charge in [-0.15, -0.1) is 0 Å². The molecule has 0 aliphatic carbocycles. The molecule has 66 valence electrons. The van der Waals surface area contributed by atoms with Crippen LogP contribution in [-0.2, 0) is 15.6 Å². The average molecular weight is 186 g/mol. The van der Waals surface area contributed by atoms with Crippen LogP contribution in [0.15, 0.2) is 18.3 Å². The Morgan fingerprint density at radius 1 is 1.58 bits per heavy atom. The quantitative estimate of drug-likeness (QED) is 0.716. The van der Waals surface area contributed by atoms with E-state index in [-0.39, 0.29) is 5.75 Å². The van der Waals surface area contributed by atoms with Crippen molar-refractivity contribution in [3.63, 3.8) is 0 Å². The number of nitrogens with two attached hydrogens (primary N) is 1. The lowest BCUT2D eigenvalue weighted by atomic mass is 10.3. The maximum atomic E-state index is 10.8. The largest absolute Gasteiger partial charge is 0.399 e. The van der Waals surface area contributed by atoms with E-state index < -0.39 is 9.84 Å². The smallest absolute Gasteiger partial charge is 0.153 e. The second-order valence-corrected chi connectivity index (χ2v) is 4.79. The number of rotatable bonds is 2. The molecule has 0 saturated heterocycles. The topological polar surface area (TPSA) is 73.0 Å². The van der Waals surface area contributed by atoms with Gasteiger partial charge in [-0.25, -0.2) is 8.42 Å². The van der Waals surface area contributed by atoms with Crippen LogP contribution in [0, 0.1) is 0 Å². The first-order valence-electron chi connectivity index (χ1n) is 3.35. The Kier molecular flexibility index (Phi) is 2.32. The van der Waals surface area contributed by atoms with Gasteiger partial charge in [0.25, 0.3) is 0 Å². The molecule has 1 rings (SSSR count). The monoisotopic (exact) mass is 186 g/mol. The molecule has 1 aromatic rings. The van der Waals surface area contributed by atoms with Crippen LogP contribution >= 0.6 is 0 Å². The summed E-state index contributed by atoms with van der Waals surface area (Å²) in [5, 5.41) is 0. The van der Waals surface area contributed by atoms with Crippen molar-refractivity contribution in [2.75, 3.05) is 12.0 Å². The van der Waals surface area contributed by atoms with Gasteiger partial charge in [-0.2, -0.15) is 0 Å². The van der Waals surface area contributed by atoms with Crippen molar-refractivity contribution in [1.82, 2.24) is 4.98 Å². The maximum Gasteiger partial charge on any atom is 0.153 e. The van der Waals surface area contributed by atoms with Crippen molar-refractivity contribution < 1.29 is 8.42 Å². The van der Waals surface area contributed by atoms with Crippen molar-refractivity contribution in [3.05, 3.63) is 24.0 Å². The summed E-state index contributed by atoms with van der Waals surface area (Å²) < 4.78 is 21.7. The predicted molar refractivity (Wildman–Crippen MR) is 47.2 cm³/mol. The van der Waals surface area contributed by atoms with Crippen LogP contribution in [0.25, 0.3) is 0 Å². The maximum absolute atomic E-state index is 10.8. The molecule has 0 bridgehead atoms. The van der Waals surface area contributed by atoms with Gasteiger partial charge in [0.15, 0.2) is 9.84 Å². The Labute approximate surface area is 71.3 Å². The van der Waals surface area contributed by atoms with E-state index >= 15 is 0 Å². The van der Waals surface area contributed by atoms with E-state index in [0.29, 0.717) is 11.4 Å². The molecule has 4 nitrogen and oxygen atoms in total. The molecule has 1 heterocycles. The zero-order valence-electron chi connectivity index (χ0n) is 6.69. The van der Waals surface area contributed by atoms with Crippen LogP contribution < -0.4 is 5.73 Å². The van der Waals surface area contributed by atoms with E-state index in [4.69, 9.17) is 5.73 Å². The summed E-state index contributed by atoms with van der Waals surface area (Å²) in [7, 11) is -3.01. The van der Waals surface area contributed by atoms with Gasteiger partial charge in [-0.1, -0.05) is 0 Å². The zero-order chi connectivity index (χ0) is 9.19. The van der Waals surface area contributed by atoms with Gasteiger partial charge in [-0.05, 0) is 12.1 Å². The van der Waals surface area contributed by atoms with Crippen molar-refractivity contribution >= 4 is 15.5 Å². The molecular formula is C7H10N2O2S. The molecule has 0 spiro atoms. The van der Waals surface area contributed by atoms with E-state index in [1.165, 1.54) is 6.20 Å². The molecule has 12 heavy (non-hydrogen) atoms. The lowest BCUT2D eigenvalue weighted by molar-refractivity contribution is 0.600. The van der Waals surface area contributed by atoms with Crippen LogP contribution in [0.2, 0.25) is 0 Å². The van der Waals surface area contributed by atoms with E-state index in [2.05, 4.69) is 4.98 Å². The summed E-state index contributed by atoms with van der Waals surface area (Å²) in [5.74, 6) is -0.0575. The molecule has 0 saturated carbocycles. The number of nitrogens with zero attached hydrogens (tertiary/aromatic N) is 1. The van der Waals surface area contributed by atoms with Gasteiger partial charge in [0.2, 0.25) is 0 Å². The highest BCUT2D eigenvalue weighted by molar-refractivity contribution is 7.89. The normalized spacial score (nSPS) is 11.4. The van der Waals surface area contributed by atoms with Crippen LogP contribution in [-0.4, -0.2) is 19.7 Å². The highest BCUT2D eigenvalue weighted by Gasteiger charge is 2.04. The SMILES string of the molecule is CS(=O)(=O)Cc1cc(N)ccn1. The van der Waals surface area contributed by atoms with Crippen molar-refractivity contribution in [2.24, 2.45) is 0 Å². The highest BCUT2D eigenvalue weighted by Crippen LogP contribution is 2.05. The summed E-state index contributed by atoms with van der Waals surface area (Å²) >= 11 is 0. The third-order valence-corrected chi connectivity index (χ3v) is 2.07. The molecule has 2 N–H and O–H groups in total. The minimum Gasteiger partial charge on any atom is -0.399 e. The number of aromatic nitrogens is 1. The summed E-state index contributed by atoms with van der Waals surface area (Å²) in [6, 6.07) is 3.17. The summed E-state index contributed by atoms with van der Waals surface area (Å²) in [6.07, 6.45) is 2.66. The second kappa shape index (κ2) is 3.10. The Morgan fingerprint density at radius 3 is 2.75 bits per heavy atom. The summed E-state index contributed by atoms with van der Waals surface area (Å²) in [5.41, 5.74) is 6.46. The Hall–Kier alpha value is -1.10. The number of hydrogen-bond donors (Lipinski definition) is 1. The third kappa shape index (κ3) is 2.87. The van der Waals surface area contributed by atoms with E-state index in [9.17, 15) is 8.42 Å². The lowest BCUT2D eigenvalue weighted by Gasteiger charge is -1.98. The fraction of sp³-hybridized carbons (Fsp3) is 0.286. The van der Waals surface area contributed by atoms with Crippen LogP contribution in [0.3, 0.4) is 0 Å². The second-order valence-electron chi connectivity index (χ2n) is 2.65. The van der Waals surface area contributed by atoms with Gasteiger partial charge in [0, 0.05) is 18.1 Å². The first-order chi connectivity index (χ1) is 5.47. The van der Waals surface area contributed by atoms with E-state index in [1.807, 2.05) is 0 Å². The Bertz CT molecular complexity index is 373. The molecule has 0 radical (unpaired) electrons.